The molecule has 0 radical (unpaired) electrons. The number of benzene rings is 1. The fourth-order valence-electron chi connectivity index (χ4n) is 2.66. The van der Waals surface area contributed by atoms with Crippen LogP contribution in [-0.2, 0) is 14.8 Å². The molecule has 1 aromatic carbocycles. The second-order valence-electron chi connectivity index (χ2n) is 5.37. The average molecular weight is 391 g/mol. The molecule has 1 aliphatic rings. The summed E-state index contributed by atoms with van der Waals surface area (Å²) in [6, 6.07) is 6.87. The Bertz CT molecular complexity index is 642. The van der Waals surface area contributed by atoms with E-state index in [1.54, 1.807) is 36.2 Å². The molecule has 0 aliphatic carbocycles. The fourth-order valence-corrected chi connectivity index (χ4v) is 5.09. The highest BCUT2D eigenvalue weighted by atomic mass is 79.9. The molecule has 0 bridgehead atoms. The van der Waals surface area contributed by atoms with E-state index in [1.807, 2.05) is 0 Å². The van der Waals surface area contributed by atoms with E-state index in [4.69, 9.17) is 5.11 Å². The fraction of sp³-hybridized carbons (Fsp3) is 0.500. The summed E-state index contributed by atoms with van der Waals surface area (Å²) < 4.78 is 27.3. The third-order valence-corrected chi connectivity index (χ3v) is 6.80. The average Bonchev–Trinajstić information content (AvgIpc) is 2.47. The SMILES string of the molecule is CN(CC(=O)O)C1CCN(S(=O)(=O)c2ccccc2Br)CC1. The van der Waals surface area contributed by atoms with Crippen molar-refractivity contribution in [1.29, 1.82) is 0 Å². The van der Waals surface area contributed by atoms with Crippen LogP contribution in [0.2, 0.25) is 0 Å². The maximum Gasteiger partial charge on any atom is 0.317 e. The van der Waals surface area contributed by atoms with Gasteiger partial charge in [0.1, 0.15) is 0 Å². The van der Waals surface area contributed by atoms with Crippen LogP contribution < -0.4 is 0 Å². The Morgan fingerprint density at radius 2 is 1.95 bits per heavy atom. The van der Waals surface area contributed by atoms with Gasteiger partial charge in [-0.1, -0.05) is 12.1 Å². The molecule has 1 aromatic rings. The largest absolute Gasteiger partial charge is 0.480 e. The smallest absolute Gasteiger partial charge is 0.317 e. The predicted molar refractivity (Wildman–Crippen MR) is 86.2 cm³/mol. The molecule has 1 fully saturated rings. The van der Waals surface area contributed by atoms with Crippen LogP contribution in [0.1, 0.15) is 12.8 Å². The first-order chi connectivity index (χ1) is 10.3. The Balaban J connectivity index is 2.05. The summed E-state index contributed by atoms with van der Waals surface area (Å²) in [5, 5.41) is 8.82. The predicted octanol–water partition coefficient (Wildman–Crippen LogP) is 1.62. The van der Waals surface area contributed by atoms with Crippen molar-refractivity contribution >= 4 is 31.9 Å². The van der Waals surface area contributed by atoms with Gasteiger partial charge < -0.3 is 5.11 Å². The van der Waals surface area contributed by atoms with E-state index in [2.05, 4.69) is 15.9 Å². The van der Waals surface area contributed by atoms with Crippen LogP contribution in [-0.4, -0.2) is 61.4 Å². The maximum atomic E-state index is 12.7. The van der Waals surface area contributed by atoms with E-state index in [9.17, 15) is 13.2 Å². The number of nitrogens with zero attached hydrogens (tertiary/aromatic N) is 2. The van der Waals surface area contributed by atoms with Gasteiger partial charge in [0.15, 0.2) is 0 Å². The quantitative estimate of drug-likeness (QED) is 0.826. The van der Waals surface area contributed by atoms with Gasteiger partial charge in [-0.15, -0.1) is 0 Å². The monoisotopic (exact) mass is 390 g/mol. The zero-order valence-corrected chi connectivity index (χ0v) is 14.7. The molecule has 0 saturated carbocycles. The Morgan fingerprint density at radius 1 is 1.36 bits per heavy atom. The molecule has 0 amide bonds. The third kappa shape index (κ3) is 3.87. The highest BCUT2D eigenvalue weighted by Gasteiger charge is 2.32. The zero-order valence-electron chi connectivity index (χ0n) is 12.3. The van der Waals surface area contributed by atoms with Gasteiger partial charge in [0.25, 0.3) is 0 Å². The number of hydrogen-bond donors (Lipinski definition) is 1. The minimum atomic E-state index is -3.51. The van der Waals surface area contributed by atoms with Gasteiger partial charge in [0.05, 0.1) is 11.4 Å². The molecule has 0 unspecified atom stereocenters. The minimum Gasteiger partial charge on any atom is -0.480 e. The van der Waals surface area contributed by atoms with Crippen LogP contribution in [0.4, 0.5) is 0 Å². The van der Waals surface area contributed by atoms with Crippen LogP contribution in [0.5, 0.6) is 0 Å². The van der Waals surface area contributed by atoms with Crippen LogP contribution in [0, 0.1) is 0 Å². The first-order valence-electron chi connectivity index (χ1n) is 6.99. The summed E-state index contributed by atoms with van der Waals surface area (Å²) in [7, 11) is -1.75. The molecule has 22 heavy (non-hydrogen) atoms. The Labute approximate surface area is 138 Å². The molecular weight excluding hydrogens is 372 g/mol. The van der Waals surface area contributed by atoms with E-state index >= 15 is 0 Å². The van der Waals surface area contributed by atoms with Crippen molar-refractivity contribution < 1.29 is 18.3 Å². The molecular formula is C14H19BrN2O4S. The topological polar surface area (TPSA) is 77.9 Å². The van der Waals surface area contributed by atoms with Crippen LogP contribution in [0.25, 0.3) is 0 Å². The number of halogens is 1. The number of carboxylic acid groups (broad SMARTS) is 1. The van der Waals surface area contributed by atoms with Gasteiger partial charge in [0, 0.05) is 23.6 Å². The molecule has 1 aliphatic heterocycles. The van der Waals surface area contributed by atoms with Crippen LogP contribution in [0.3, 0.4) is 0 Å². The summed E-state index contributed by atoms with van der Waals surface area (Å²) in [5.41, 5.74) is 0. The second-order valence-corrected chi connectivity index (χ2v) is 8.14. The van der Waals surface area contributed by atoms with Crippen molar-refractivity contribution in [2.45, 2.75) is 23.8 Å². The van der Waals surface area contributed by atoms with E-state index in [0.717, 1.165) is 0 Å². The third-order valence-electron chi connectivity index (χ3n) is 3.89. The summed E-state index contributed by atoms with van der Waals surface area (Å²) in [5.74, 6) is -0.870. The van der Waals surface area contributed by atoms with Crippen molar-refractivity contribution in [3.8, 4) is 0 Å². The molecule has 1 saturated heterocycles. The Kier molecular flexibility index (Phi) is 5.60. The van der Waals surface area contributed by atoms with Crippen molar-refractivity contribution in [2.75, 3.05) is 26.7 Å². The lowest BCUT2D eigenvalue weighted by molar-refractivity contribution is -0.138. The number of likely N-dealkylation sites (N-methyl/N-ethyl adjacent to an activating group) is 1. The molecule has 122 valence electrons. The first kappa shape index (κ1) is 17.4. The number of sulfonamides is 1. The summed E-state index contributed by atoms with van der Waals surface area (Å²) in [6.45, 7) is 0.776. The van der Waals surface area contributed by atoms with Crippen molar-refractivity contribution in [3.05, 3.63) is 28.7 Å². The summed E-state index contributed by atoms with van der Waals surface area (Å²) in [4.78, 5) is 12.8. The van der Waals surface area contributed by atoms with Crippen LogP contribution in [0.15, 0.2) is 33.6 Å². The zero-order chi connectivity index (χ0) is 16.3. The summed E-state index contributed by atoms with van der Waals surface area (Å²) in [6.07, 6.45) is 1.26. The number of aliphatic carboxylic acids is 1. The normalized spacial score (nSPS) is 17.8. The minimum absolute atomic E-state index is 0.0261. The molecule has 6 nitrogen and oxygen atoms in total. The van der Waals surface area contributed by atoms with Gasteiger partial charge in [-0.3, -0.25) is 9.69 Å². The Morgan fingerprint density at radius 3 is 2.50 bits per heavy atom. The number of hydrogen-bond acceptors (Lipinski definition) is 4. The molecule has 8 heteroatoms. The lowest BCUT2D eigenvalue weighted by Gasteiger charge is -2.35. The molecule has 0 aromatic heterocycles. The lowest BCUT2D eigenvalue weighted by Crippen LogP contribution is -2.46. The highest BCUT2D eigenvalue weighted by molar-refractivity contribution is 9.10. The molecule has 1 heterocycles. The highest BCUT2D eigenvalue weighted by Crippen LogP contribution is 2.27. The molecule has 1 N–H and O–H groups in total. The molecule has 2 rings (SSSR count). The summed E-state index contributed by atoms with van der Waals surface area (Å²) >= 11 is 3.28. The molecule has 0 atom stereocenters. The van der Waals surface area contributed by atoms with Gasteiger partial charge in [-0.2, -0.15) is 4.31 Å². The molecule has 0 spiro atoms. The second kappa shape index (κ2) is 7.08. The lowest BCUT2D eigenvalue weighted by atomic mass is 10.1. The van der Waals surface area contributed by atoms with E-state index < -0.39 is 16.0 Å². The van der Waals surface area contributed by atoms with Gasteiger partial charge in [-0.05, 0) is 48.0 Å². The number of carboxylic acids is 1. The van der Waals surface area contributed by atoms with Crippen molar-refractivity contribution in [3.63, 3.8) is 0 Å². The van der Waals surface area contributed by atoms with E-state index in [0.29, 0.717) is 30.4 Å². The van der Waals surface area contributed by atoms with E-state index in [-0.39, 0.29) is 17.5 Å². The first-order valence-corrected chi connectivity index (χ1v) is 9.22. The van der Waals surface area contributed by atoms with Crippen molar-refractivity contribution in [2.24, 2.45) is 0 Å². The van der Waals surface area contributed by atoms with Gasteiger partial charge in [0.2, 0.25) is 10.0 Å². The number of carbonyl (C=O) groups is 1. The van der Waals surface area contributed by atoms with E-state index in [1.165, 1.54) is 4.31 Å². The Hall–Kier alpha value is -0.960. The standard InChI is InChI=1S/C14H19BrN2O4S/c1-16(10-14(18)19)11-6-8-17(9-7-11)22(20,21)13-5-3-2-4-12(13)15/h2-5,11H,6-10H2,1H3,(H,18,19). The van der Waals surface area contributed by atoms with Gasteiger partial charge in [-0.25, -0.2) is 8.42 Å². The van der Waals surface area contributed by atoms with Gasteiger partial charge >= 0.3 is 5.97 Å². The van der Waals surface area contributed by atoms with Crippen molar-refractivity contribution in [1.82, 2.24) is 9.21 Å². The number of rotatable bonds is 5. The maximum absolute atomic E-state index is 12.7. The van der Waals surface area contributed by atoms with Crippen LogP contribution >= 0.6 is 15.9 Å². The number of piperidine rings is 1.